The standard InChI is InChI=1S/C18H14BrClN4O4/c1-9-15(17(25)22-13-5-3-2-4-12(13)20)16(23-18(26)21-9)10-6-7-11(19)14(8-10)24(27)28/h2-8,16H,1H3,(H,22,25)(H2,21,23,26)/t16-/m1/s1. The molecule has 2 aromatic carbocycles. The van der Waals surface area contributed by atoms with Gasteiger partial charge in [-0.25, -0.2) is 4.79 Å². The molecule has 3 N–H and O–H groups in total. The lowest BCUT2D eigenvalue weighted by Gasteiger charge is -2.28. The van der Waals surface area contributed by atoms with Crippen LogP contribution in [0.1, 0.15) is 18.5 Å². The van der Waals surface area contributed by atoms with Gasteiger partial charge in [0.1, 0.15) is 0 Å². The number of amides is 3. The topological polar surface area (TPSA) is 113 Å². The number of hydrogen-bond donors (Lipinski definition) is 3. The molecule has 0 fully saturated rings. The molecule has 0 unspecified atom stereocenters. The van der Waals surface area contributed by atoms with Crippen LogP contribution in [0.2, 0.25) is 5.02 Å². The number of nitro groups is 1. The van der Waals surface area contributed by atoms with Crippen LogP contribution < -0.4 is 16.0 Å². The van der Waals surface area contributed by atoms with E-state index in [0.29, 0.717) is 26.4 Å². The average molecular weight is 466 g/mol. The van der Waals surface area contributed by atoms with Crippen LogP contribution in [0.25, 0.3) is 0 Å². The Morgan fingerprint density at radius 2 is 2.00 bits per heavy atom. The summed E-state index contributed by atoms with van der Waals surface area (Å²) >= 11 is 9.22. The highest BCUT2D eigenvalue weighted by molar-refractivity contribution is 9.10. The zero-order valence-corrected chi connectivity index (χ0v) is 16.8. The molecule has 0 radical (unpaired) electrons. The van der Waals surface area contributed by atoms with E-state index in [9.17, 15) is 19.7 Å². The number of allylic oxidation sites excluding steroid dienone is 1. The van der Waals surface area contributed by atoms with Gasteiger partial charge in [-0.2, -0.15) is 0 Å². The number of para-hydroxylation sites is 1. The van der Waals surface area contributed by atoms with Crippen LogP contribution in [0.3, 0.4) is 0 Å². The van der Waals surface area contributed by atoms with E-state index in [1.165, 1.54) is 12.1 Å². The molecule has 1 atom stereocenters. The van der Waals surface area contributed by atoms with Crippen molar-refractivity contribution in [3.8, 4) is 0 Å². The number of carbonyl (C=O) groups is 2. The second-order valence-corrected chi connectivity index (χ2v) is 7.23. The Labute approximate surface area is 173 Å². The van der Waals surface area contributed by atoms with Gasteiger partial charge < -0.3 is 16.0 Å². The molecule has 1 heterocycles. The summed E-state index contributed by atoms with van der Waals surface area (Å²) in [6.45, 7) is 1.58. The predicted octanol–water partition coefficient (Wildman–Crippen LogP) is 4.28. The van der Waals surface area contributed by atoms with Crippen molar-refractivity contribution in [1.82, 2.24) is 10.6 Å². The normalized spacial score (nSPS) is 16.2. The minimum Gasteiger partial charge on any atom is -0.327 e. The smallest absolute Gasteiger partial charge is 0.319 e. The first-order valence-corrected chi connectivity index (χ1v) is 9.23. The predicted molar refractivity (Wildman–Crippen MR) is 108 cm³/mol. The fraction of sp³-hybridized carbons (Fsp3) is 0.111. The van der Waals surface area contributed by atoms with Crippen molar-refractivity contribution in [3.05, 3.63) is 78.9 Å². The second-order valence-electron chi connectivity index (χ2n) is 5.97. The first-order chi connectivity index (χ1) is 13.3. The maximum atomic E-state index is 12.9. The van der Waals surface area contributed by atoms with Gasteiger partial charge in [-0.15, -0.1) is 0 Å². The number of hydrogen-bond acceptors (Lipinski definition) is 4. The summed E-state index contributed by atoms with van der Waals surface area (Å²) in [4.78, 5) is 35.6. The minimum absolute atomic E-state index is 0.172. The summed E-state index contributed by atoms with van der Waals surface area (Å²) in [5, 5.41) is 19.5. The fourth-order valence-electron chi connectivity index (χ4n) is 2.85. The molecule has 1 aliphatic rings. The number of carbonyl (C=O) groups excluding carboxylic acids is 2. The summed E-state index contributed by atoms with van der Waals surface area (Å²) in [5.41, 5.74) is 1.19. The van der Waals surface area contributed by atoms with Gasteiger partial charge in [0, 0.05) is 11.8 Å². The highest BCUT2D eigenvalue weighted by Crippen LogP contribution is 2.33. The van der Waals surface area contributed by atoms with Crippen LogP contribution in [0.15, 0.2) is 58.2 Å². The maximum absolute atomic E-state index is 12.9. The summed E-state index contributed by atoms with van der Waals surface area (Å²) in [7, 11) is 0. The third-order valence-corrected chi connectivity index (χ3v) is 5.14. The van der Waals surface area contributed by atoms with Crippen molar-refractivity contribution < 1.29 is 14.5 Å². The molecule has 0 saturated heterocycles. The molecule has 10 heteroatoms. The number of urea groups is 1. The van der Waals surface area contributed by atoms with Crippen molar-refractivity contribution in [2.75, 3.05) is 5.32 Å². The monoisotopic (exact) mass is 464 g/mol. The molecule has 0 aliphatic carbocycles. The SMILES string of the molecule is CC1=C(C(=O)Nc2ccccc2Cl)[C@@H](c2ccc(Br)c([N+](=O)[O-])c2)NC(=O)N1. The van der Waals surface area contributed by atoms with E-state index < -0.39 is 22.9 Å². The number of halogens is 2. The number of nitrogens with zero attached hydrogens (tertiary/aromatic N) is 1. The Kier molecular flexibility index (Phi) is 5.66. The van der Waals surface area contributed by atoms with Crippen molar-refractivity contribution in [1.29, 1.82) is 0 Å². The molecule has 2 aromatic rings. The van der Waals surface area contributed by atoms with Gasteiger partial charge in [-0.05, 0) is 46.6 Å². The molecule has 0 spiro atoms. The summed E-state index contributed by atoms with van der Waals surface area (Å²) < 4.78 is 0.296. The summed E-state index contributed by atoms with van der Waals surface area (Å²) in [6.07, 6.45) is 0. The van der Waals surface area contributed by atoms with E-state index in [-0.39, 0.29) is 11.3 Å². The Bertz CT molecular complexity index is 1020. The fourth-order valence-corrected chi connectivity index (χ4v) is 3.42. The summed E-state index contributed by atoms with van der Waals surface area (Å²) in [6, 6.07) is 9.76. The van der Waals surface area contributed by atoms with Crippen LogP contribution in [-0.2, 0) is 4.79 Å². The lowest BCUT2D eigenvalue weighted by Crippen LogP contribution is -2.46. The van der Waals surface area contributed by atoms with E-state index in [0.717, 1.165) is 0 Å². The van der Waals surface area contributed by atoms with Crippen molar-refractivity contribution in [2.24, 2.45) is 0 Å². The van der Waals surface area contributed by atoms with Crippen LogP contribution in [0.4, 0.5) is 16.2 Å². The van der Waals surface area contributed by atoms with Gasteiger partial charge in [0.05, 0.1) is 31.7 Å². The first kappa shape index (κ1) is 19.8. The highest BCUT2D eigenvalue weighted by Gasteiger charge is 2.32. The number of nitrogens with one attached hydrogen (secondary N) is 3. The highest BCUT2D eigenvalue weighted by atomic mass is 79.9. The first-order valence-electron chi connectivity index (χ1n) is 8.06. The molecule has 0 saturated carbocycles. The van der Waals surface area contributed by atoms with Crippen LogP contribution in [0, 0.1) is 10.1 Å². The van der Waals surface area contributed by atoms with E-state index in [2.05, 4.69) is 31.9 Å². The number of nitro benzene ring substituents is 1. The lowest BCUT2D eigenvalue weighted by atomic mass is 9.94. The Balaban J connectivity index is 2.02. The summed E-state index contributed by atoms with van der Waals surface area (Å²) in [5.74, 6) is -0.492. The van der Waals surface area contributed by atoms with Crippen LogP contribution in [-0.4, -0.2) is 16.9 Å². The van der Waals surface area contributed by atoms with E-state index in [1.807, 2.05) is 0 Å². The third-order valence-electron chi connectivity index (χ3n) is 4.14. The van der Waals surface area contributed by atoms with Crippen LogP contribution in [0.5, 0.6) is 0 Å². The number of benzene rings is 2. The van der Waals surface area contributed by atoms with Gasteiger partial charge in [0.25, 0.3) is 11.6 Å². The van der Waals surface area contributed by atoms with Gasteiger partial charge in [-0.3, -0.25) is 14.9 Å². The van der Waals surface area contributed by atoms with E-state index in [1.54, 1.807) is 37.3 Å². The molecule has 3 amide bonds. The largest absolute Gasteiger partial charge is 0.327 e. The van der Waals surface area contributed by atoms with E-state index >= 15 is 0 Å². The average Bonchev–Trinajstić information content (AvgIpc) is 2.63. The quantitative estimate of drug-likeness (QED) is 0.462. The van der Waals surface area contributed by atoms with Crippen molar-refractivity contribution in [2.45, 2.75) is 13.0 Å². The number of rotatable bonds is 4. The Morgan fingerprint density at radius 1 is 1.29 bits per heavy atom. The van der Waals surface area contributed by atoms with Gasteiger partial charge in [-0.1, -0.05) is 29.8 Å². The van der Waals surface area contributed by atoms with Gasteiger partial charge >= 0.3 is 6.03 Å². The van der Waals surface area contributed by atoms with Gasteiger partial charge in [0.15, 0.2) is 0 Å². The Morgan fingerprint density at radius 3 is 2.68 bits per heavy atom. The zero-order chi connectivity index (χ0) is 20.4. The third kappa shape index (κ3) is 4.00. The molecule has 0 bridgehead atoms. The molecule has 28 heavy (non-hydrogen) atoms. The van der Waals surface area contributed by atoms with Crippen LogP contribution >= 0.6 is 27.5 Å². The minimum atomic E-state index is -0.872. The molecular weight excluding hydrogens is 452 g/mol. The molecule has 144 valence electrons. The molecular formula is C18H14BrClN4O4. The lowest BCUT2D eigenvalue weighted by molar-refractivity contribution is -0.385. The molecule has 3 rings (SSSR count). The second kappa shape index (κ2) is 7.99. The van der Waals surface area contributed by atoms with Crippen molar-refractivity contribution >= 4 is 50.8 Å². The maximum Gasteiger partial charge on any atom is 0.319 e. The van der Waals surface area contributed by atoms with Gasteiger partial charge in [0.2, 0.25) is 0 Å². The molecule has 1 aliphatic heterocycles. The van der Waals surface area contributed by atoms with E-state index in [4.69, 9.17) is 11.6 Å². The Hall–Kier alpha value is -2.91. The van der Waals surface area contributed by atoms with Crippen molar-refractivity contribution in [3.63, 3.8) is 0 Å². The number of anilines is 1. The zero-order valence-electron chi connectivity index (χ0n) is 14.5. The molecule has 0 aromatic heterocycles. The molecule has 8 nitrogen and oxygen atoms in total.